The van der Waals surface area contributed by atoms with Crippen LogP contribution in [-0.2, 0) is 21.5 Å². The van der Waals surface area contributed by atoms with E-state index in [2.05, 4.69) is 31.9 Å². The second kappa shape index (κ2) is 21.6. The first-order chi connectivity index (χ1) is 30.3. The van der Waals surface area contributed by atoms with Gasteiger partial charge in [-0.05, 0) is 121 Å². The van der Waals surface area contributed by atoms with E-state index in [-0.39, 0.29) is 63.2 Å². The maximum Gasteiger partial charge on any atom is 1.00 e. The molecule has 0 saturated heterocycles. The predicted octanol–water partition coefficient (Wildman–Crippen LogP) is 5.32. The van der Waals surface area contributed by atoms with Gasteiger partial charge < -0.3 is 51.5 Å². The van der Waals surface area contributed by atoms with E-state index >= 15 is 0 Å². The zero-order chi connectivity index (χ0) is 46.2. The van der Waals surface area contributed by atoms with Crippen LogP contribution in [0.1, 0.15) is 63.7 Å². The average Bonchev–Trinajstić information content (AvgIpc) is 3.23. The molecule has 0 radical (unpaired) electrons. The van der Waals surface area contributed by atoms with Gasteiger partial charge in [-0.2, -0.15) is 0 Å². The van der Waals surface area contributed by atoms with Gasteiger partial charge in [-0.15, -0.1) is 0 Å². The van der Waals surface area contributed by atoms with Crippen molar-refractivity contribution in [2.45, 2.75) is 26.2 Å². The van der Waals surface area contributed by atoms with Crippen LogP contribution in [0.3, 0.4) is 0 Å². The molecule has 6 amide bonds. The van der Waals surface area contributed by atoms with Gasteiger partial charge in [0.2, 0.25) is 0 Å². The summed E-state index contributed by atoms with van der Waals surface area (Å²) in [6, 6.07) is 33.3. The first-order valence-corrected chi connectivity index (χ1v) is 22.9. The molecule has 0 aliphatic heterocycles. The molecule has 6 rings (SSSR count). The largest absolute Gasteiger partial charge is 1.00 e. The van der Waals surface area contributed by atoms with E-state index in [1.165, 1.54) is 72.8 Å². The minimum Gasteiger partial charge on any atom is -0.324 e. The quantitative estimate of drug-likeness (QED) is 0.0494. The Morgan fingerprint density at radius 1 is 0.415 bits per heavy atom. The Morgan fingerprint density at radius 2 is 0.754 bits per heavy atom. The summed E-state index contributed by atoms with van der Waals surface area (Å²) in [5, 5.41) is 16.4. The zero-order valence-electron chi connectivity index (χ0n) is 35.2. The van der Waals surface area contributed by atoms with Crippen molar-refractivity contribution in [1.29, 1.82) is 0 Å². The molecule has 17 nitrogen and oxygen atoms in total. The fourth-order valence-corrected chi connectivity index (χ4v) is 7.60. The molecule has 0 aliphatic carbocycles. The topological polar surface area (TPSA) is 273 Å². The molecule has 6 aromatic carbocycles. The molecule has 0 aliphatic rings. The van der Waals surface area contributed by atoms with Crippen molar-refractivity contribution >= 4 is 79.0 Å². The van der Waals surface area contributed by atoms with Crippen LogP contribution in [0.5, 0.6) is 0 Å². The molecule has 0 unspecified atom stereocenters. The number of aryl methyl sites for hydroxylation is 2. The van der Waals surface area contributed by atoms with Gasteiger partial charge in [0.1, 0.15) is 0 Å². The van der Waals surface area contributed by atoms with Crippen molar-refractivity contribution in [3.05, 3.63) is 178 Å². The van der Waals surface area contributed by atoms with Crippen molar-refractivity contribution in [2.24, 2.45) is 0 Å². The first kappa shape index (κ1) is 49.8. The fourth-order valence-electron chi connectivity index (χ4n) is 6.22. The van der Waals surface area contributed by atoms with Crippen LogP contribution >= 0.6 is 15.2 Å². The molecule has 10 N–H and O–H groups in total. The smallest absolute Gasteiger partial charge is 0.324 e. The van der Waals surface area contributed by atoms with Crippen molar-refractivity contribution in [3.63, 3.8) is 0 Å². The molecular weight excluding hydrogens is 885 g/mol. The molecule has 6 aromatic rings. The molecule has 0 fully saturated rings. The Kier molecular flexibility index (Phi) is 16.6. The van der Waals surface area contributed by atoms with Crippen LogP contribution in [0, 0.1) is 13.8 Å². The van der Waals surface area contributed by atoms with E-state index in [1.54, 1.807) is 74.5 Å². The monoisotopic (exact) mass is 927 g/mol. The van der Waals surface area contributed by atoms with E-state index in [4.69, 9.17) is 0 Å². The molecule has 0 saturated carbocycles. The molecule has 65 heavy (non-hydrogen) atoms. The summed E-state index contributed by atoms with van der Waals surface area (Å²) < 4.78 is 22.6. The summed E-state index contributed by atoms with van der Waals surface area (Å²) in [5.74, 6) is -1.98. The minimum absolute atomic E-state index is 0. The number of rotatable bonds is 14. The maximum absolute atomic E-state index is 13.3. The van der Waals surface area contributed by atoms with Gasteiger partial charge in [0.25, 0.3) is 23.6 Å². The minimum atomic E-state index is -4.24. The summed E-state index contributed by atoms with van der Waals surface area (Å²) in [7, 11) is -8.49. The number of carbonyl (C=O) groups is 5. The summed E-state index contributed by atoms with van der Waals surface area (Å²) >= 11 is 0. The van der Waals surface area contributed by atoms with Crippen molar-refractivity contribution in [2.75, 3.05) is 31.9 Å². The van der Waals surface area contributed by atoms with E-state index in [1.807, 2.05) is 0 Å². The fraction of sp³-hybridized carbons (Fsp3) is 0.0889. The molecule has 0 bridgehead atoms. The standard InChI is InChI=1S/C45H42N6O11P2.Na/c1-27-9-15-33(41(52)46-35-17-11-29(12-18-35)25-63(57,58)59)23-39(27)50-43(54)31-5-3-7-37(21-31)48-45(56)49-38-8-4-6-32(22-38)44(55)51-40-24-34(16-10-28(40)2)42(53)47-36-19-13-30(14-20-36)26-64(60,61)62;/h3-24H,25-26H2,1-2H3,(H,46,52)(H,47,53)(H,50,54)(H,51,55)(H2,48,49,56)(H2,57,58,59)(H2,60,61,62);/q;+1. The van der Waals surface area contributed by atoms with Crippen molar-refractivity contribution in [1.82, 2.24) is 0 Å². The van der Waals surface area contributed by atoms with Crippen LogP contribution in [0.4, 0.5) is 38.9 Å². The van der Waals surface area contributed by atoms with E-state index < -0.39 is 57.2 Å². The van der Waals surface area contributed by atoms with Crippen LogP contribution < -0.4 is 61.5 Å². The number of amides is 6. The van der Waals surface area contributed by atoms with E-state index in [9.17, 15) is 52.7 Å². The van der Waals surface area contributed by atoms with Crippen molar-refractivity contribution in [3.8, 4) is 0 Å². The van der Waals surface area contributed by atoms with Gasteiger partial charge in [0, 0.05) is 56.4 Å². The normalized spacial score (nSPS) is 11.0. The zero-order valence-corrected chi connectivity index (χ0v) is 38.9. The number of anilines is 6. The van der Waals surface area contributed by atoms with Gasteiger partial charge in [-0.1, -0.05) is 48.5 Å². The molecule has 20 heteroatoms. The molecule has 328 valence electrons. The Bertz CT molecular complexity index is 2680. The van der Waals surface area contributed by atoms with E-state index in [0.29, 0.717) is 45.0 Å². The Balaban J connectivity index is 0.00000793. The number of hydrogen-bond acceptors (Lipinski definition) is 7. The van der Waals surface area contributed by atoms with Gasteiger partial charge in [0.05, 0.1) is 12.3 Å². The van der Waals surface area contributed by atoms with Crippen LogP contribution in [0.2, 0.25) is 0 Å². The van der Waals surface area contributed by atoms with Crippen LogP contribution in [-0.4, -0.2) is 49.2 Å². The second-order valence-electron chi connectivity index (χ2n) is 14.7. The van der Waals surface area contributed by atoms with Crippen molar-refractivity contribution < 1.29 is 82.2 Å². The number of urea groups is 1. The molecule has 0 atom stereocenters. The maximum atomic E-state index is 13.3. The van der Waals surface area contributed by atoms with Gasteiger partial charge in [-0.3, -0.25) is 28.3 Å². The first-order valence-electron chi connectivity index (χ1n) is 19.3. The molecule has 0 heterocycles. The van der Waals surface area contributed by atoms with Crippen LogP contribution in [0.25, 0.3) is 0 Å². The molecule has 0 spiro atoms. The van der Waals surface area contributed by atoms with Gasteiger partial charge in [-0.25, -0.2) is 4.79 Å². The number of nitrogens with one attached hydrogen (secondary N) is 6. The summed E-state index contributed by atoms with van der Waals surface area (Å²) in [6.45, 7) is 3.51. The Labute approximate surface area is 395 Å². The predicted molar refractivity (Wildman–Crippen MR) is 244 cm³/mol. The number of benzene rings is 6. The summed E-state index contributed by atoms with van der Waals surface area (Å²) in [5.41, 5.74) is 5.17. The third kappa shape index (κ3) is 14.9. The molecule has 0 aromatic heterocycles. The molecular formula is C45H42N6NaO11P2+. The third-order valence-electron chi connectivity index (χ3n) is 9.46. The Morgan fingerprint density at radius 3 is 1.11 bits per heavy atom. The SMILES string of the molecule is Cc1ccc(C(=O)Nc2ccc(CP(=O)(O)O)cc2)cc1NC(=O)c1cccc(NC(=O)Nc2cccc(C(=O)Nc3cc(C(=O)Nc4ccc(CP(=O)(O)O)cc4)ccc3C)c2)c1.[Na+]. The Hall–Kier alpha value is -6.23. The number of carbonyl (C=O) groups excluding carboxylic acids is 5. The van der Waals surface area contributed by atoms with E-state index in [0.717, 1.165) is 0 Å². The second-order valence-corrected chi connectivity index (χ2v) is 17.9. The van der Waals surface area contributed by atoms with Gasteiger partial charge >= 0.3 is 50.8 Å². The third-order valence-corrected chi connectivity index (χ3v) is 11.0. The number of hydrogen-bond donors (Lipinski definition) is 10. The summed E-state index contributed by atoms with van der Waals surface area (Å²) in [6.07, 6.45) is -0.849. The van der Waals surface area contributed by atoms with Gasteiger partial charge in [0.15, 0.2) is 0 Å². The van der Waals surface area contributed by atoms with Crippen LogP contribution in [0.15, 0.2) is 133 Å². The summed E-state index contributed by atoms with van der Waals surface area (Å²) in [4.78, 5) is 103. The average molecular weight is 928 g/mol.